The van der Waals surface area contributed by atoms with Crippen molar-refractivity contribution in [2.45, 2.75) is 26.8 Å². The summed E-state index contributed by atoms with van der Waals surface area (Å²) in [4.78, 5) is 12.8. The molecule has 3 nitrogen and oxygen atoms in total. The van der Waals surface area contributed by atoms with Crippen molar-refractivity contribution < 1.29 is 14.3 Å². The van der Waals surface area contributed by atoms with Crippen molar-refractivity contribution in [2.24, 2.45) is 0 Å². The van der Waals surface area contributed by atoms with E-state index in [0.29, 0.717) is 18.7 Å². The van der Waals surface area contributed by atoms with Crippen molar-refractivity contribution in [3.63, 3.8) is 0 Å². The lowest BCUT2D eigenvalue weighted by atomic mass is 10.1. The van der Waals surface area contributed by atoms with Crippen LogP contribution in [0.3, 0.4) is 0 Å². The Balaban J connectivity index is 2.27. The first kappa shape index (κ1) is 16.0. The number of aryl methyl sites for hydroxylation is 2. The van der Waals surface area contributed by atoms with Gasteiger partial charge in [-0.25, -0.2) is 4.39 Å². The molecule has 0 bridgehead atoms. The molecular formula is C18H20FNO2. The van der Waals surface area contributed by atoms with E-state index in [4.69, 9.17) is 5.11 Å². The first-order chi connectivity index (χ1) is 10.5. The van der Waals surface area contributed by atoms with E-state index in [1.54, 1.807) is 18.2 Å². The van der Waals surface area contributed by atoms with Gasteiger partial charge in [-0.2, -0.15) is 0 Å². The SMILES string of the molecule is Cc1ccc(N(CCC(=O)O)Cc2ccccc2F)cc1C. The second kappa shape index (κ2) is 7.07. The molecule has 0 radical (unpaired) electrons. The highest BCUT2D eigenvalue weighted by molar-refractivity contribution is 5.67. The van der Waals surface area contributed by atoms with Crippen LogP contribution in [0.25, 0.3) is 0 Å². The molecule has 0 aliphatic rings. The van der Waals surface area contributed by atoms with E-state index < -0.39 is 5.97 Å². The van der Waals surface area contributed by atoms with Crippen LogP contribution in [0.5, 0.6) is 0 Å². The smallest absolute Gasteiger partial charge is 0.305 e. The van der Waals surface area contributed by atoms with Crippen molar-refractivity contribution in [2.75, 3.05) is 11.4 Å². The van der Waals surface area contributed by atoms with Crippen molar-refractivity contribution >= 4 is 11.7 Å². The lowest BCUT2D eigenvalue weighted by Gasteiger charge is -2.25. The molecule has 0 aliphatic heterocycles. The van der Waals surface area contributed by atoms with E-state index in [2.05, 4.69) is 0 Å². The molecule has 0 unspecified atom stereocenters. The summed E-state index contributed by atoms with van der Waals surface area (Å²) in [6, 6.07) is 12.5. The summed E-state index contributed by atoms with van der Waals surface area (Å²) in [5, 5.41) is 8.93. The van der Waals surface area contributed by atoms with E-state index in [-0.39, 0.29) is 12.2 Å². The number of aliphatic carboxylic acids is 1. The fourth-order valence-electron chi connectivity index (χ4n) is 2.28. The molecule has 0 saturated heterocycles. The lowest BCUT2D eigenvalue weighted by Crippen LogP contribution is -2.26. The molecule has 2 rings (SSSR count). The van der Waals surface area contributed by atoms with Crippen molar-refractivity contribution in [1.82, 2.24) is 0 Å². The number of carbonyl (C=O) groups is 1. The van der Waals surface area contributed by atoms with Gasteiger partial charge in [-0.15, -0.1) is 0 Å². The fraction of sp³-hybridized carbons (Fsp3) is 0.278. The minimum Gasteiger partial charge on any atom is -0.481 e. The summed E-state index contributed by atoms with van der Waals surface area (Å²) >= 11 is 0. The predicted octanol–water partition coefficient (Wildman–Crippen LogP) is 3.92. The summed E-state index contributed by atoms with van der Waals surface area (Å²) in [5.74, 6) is -1.13. The molecule has 0 heterocycles. The van der Waals surface area contributed by atoms with Crippen molar-refractivity contribution in [1.29, 1.82) is 0 Å². The van der Waals surface area contributed by atoms with Crippen LogP contribution in [-0.4, -0.2) is 17.6 Å². The standard InChI is InChI=1S/C18H20FNO2/c1-13-7-8-16(11-14(13)2)20(10-9-18(21)22)12-15-5-3-4-6-17(15)19/h3-8,11H,9-10,12H2,1-2H3,(H,21,22). The van der Waals surface area contributed by atoms with Gasteiger partial charge in [0.1, 0.15) is 5.82 Å². The Hall–Kier alpha value is -2.36. The summed E-state index contributed by atoms with van der Waals surface area (Å²) in [6.07, 6.45) is 0.0153. The highest BCUT2D eigenvalue weighted by Gasteiger charge is 2.12. The van der Waals surface area contributed by atoms with Crippen LogP contribution in [0.1, 0.15) is 23.1 Å². The fourth-order valence-corrected chi connectivity index (χ4v) is 2.28. The third-order valence-electron chi connectivity index (χ3n) is 3.77. The maximum absolute atomic E-state index is 13.9. The molecule has 0 fully saturated rings. The van der Waals surface area contributed by atoms with Crippen molar-refractivity contribution in [3.8, 4) is 0 Å². The summed E-state index contributed by atoms with van der Waals surface area (Å²) in [6.45, 7) is 4.73. The Morgan fingerprint density at radius 3 is 2.50 bits per heavy atom. The van der Waals surface area contributed by atoms with Gasteiger partial charge < -0.3 is 10.0 Å². The molecule has 0 spiro atoms. The van der Waals surface area contributed by atoms with Crippen molar-refractivity contribution in [3.05, 3.63) is 65.0 Å². The monoisotopic (exact) mass is 301 g/mol. The molecular weight excluding hydrogens is 281 g/mol. The molecule has 0 aromatic heterocycles. The average Bonchev–Trinajstić information content (AvgIpc) is 2.48. The number of rotatable bonds is 6. The molecule has 0 aliphatic carbocycles. The summed E-state index contributed by atoms with van der Waals surface area (Å²) in [7, 11) is 0. The van der Waals surface area contributed by atoms with Crippen LogP contribution in [0.4, 0.5) is 10.1 Å². The lowest BCUT2D eigenvalue weighted by molar-refractivity contribution is -0.136. The Morgan fingerprint density at radius 1 is 1.14 bits per heavy atom. The molecule has 22 heavy (non-hydrogen) atoms. The highest BCUT2D eigenvalue weighted by atomic mass is 19.1. The molecule has 0 saturated carbocycles. The Morgan fingerprint density at radius 2 is 1.86 bits per heavy atom. The van der Waals surface area contributed by atoms with Gasteiger partial charge in [0.25, 0.3) is 0 Å². The number of halogens is 1. The topological polar surface area (TPSA) is 40.5 Å². The summed E-state index contributed by atoms with van der Waals surface area (Å²) in [5.41, 5.74) is 3.78. The number of anilines is 1. The van der Waals surface area contributed by atoms with E-state index in [0.717, 1.165) is 11.3 Å². The third kappa shape index (κ3) is 4.07. The predicted molar refractivity (Wildman–Crippen MR) is 85.6 cm³/mol. The van der Waals surface area contributed by atoms with Gasteiger partial charge in [0.05, 0.1) is 6.42 Å². The third-order valence-corrected chi connectivity index (χ3v) is 3.77. The van der Waals surface area contributed by atoms with Gasteiger partial charge in [0, 0.05) is 24.3 Å². The molecule has 2 aromatic carbocycles. The average molecular weight is 301 g/mol. The van der Waals surface area contributed by atoms with Crippen LogP contribution < -0.4 is 4.90 Å². The normalized spacial score (nSPS) is 10.5. The maximum atomic E-state index is 13.9. The van der Waals surface area contributed by atoms with Gasteiger partial charge in [0.2, 0.25) is 0 Å². The van der Waals surface area contributed by atoms with Crippen LogP contribution in [-0.2, 0) is 11.3 Å². The van der Waals surface area contributed by atoms with Gasteiger partial charge in [0.15, 0.2) is 0 Å². The molecule has 1 N–H and O–H groups in total. The van der Waals surface area contributed by atoms with Crippen LogP contribution >= 0.6 is 0 Å². The molecule has 0 amide bonds. The molecule has 116 valence electrons. The van der Waals surface area contributed by atoms with E-state index in [1.807, 2.05) is 36.9 Å². The highest BCUT2D eigenvalue weighted by Crippen LogP contribution is 2.22. The maximum Gasteiger partial charge on any atom is 0.305 e. The molecule has 2 aromatic rings. The zero-order valence-corrected chi connectivity index (χ0v) is 12.8. The van der Waals surface area contributed by atoms with E-state index in [9.17, 15) is 9.18 Å². The number of hydrogen-bond donors (Lipinski definition) is 1. The van der Waals surface area contributed by atoms with Crippen LogP contribution in [0, 0.1) is 19.7 Å². The van der Waals surface area contributed by atoms with Gasteiger partial charge in [-0.1, -0.05) is 24.3 Å². The number of carboxylic acids is 1. The van der Waals surface area contributed by atoms with E-state index >= 15 is 0 Å². The minimum absolute atomic E-state index is 0.0153. The number of nitrogens with zero attached hydrogens (tertiary/aromatic N) is 1. The van der Waals surface area contributed by atoms with Gasteiger partial charge in [-0.05, 0) is 43.2 Å². The Bertz CT molecular complexity index is 670. The minimum atomic E-state index is -0.859. The van der Waals surface area contributed by atoms with E-state index in [1.165, 1.54) is 11.6 Å². The Labute approximate surface area is 130 Å². The molecule has 4 heteroatoms. The summed E-state index contributed by atoms with van der Waals surface area (Å²) < 4.78 is 13.9. The number of benzene rings is 2. The first-order valence-corrected chi connectivity index (χ1v) is 7.25. The molecule has 0 atom stereocenters. The second-order valence-electron chi connectivity index (χ2n) is 5.43. The first-order valence-electron chi connectivity index (χ1n) is 7.25. The van der Waals surface area contributed by atoms with Crippen LogP contribution in [0.2, 0.25) is 0 Å². The largest absolute Gasteiger partial charge is 0.481 e. The zero-order chi connectivity index (χ0) is 16.1. The quantitative estimate of drug-likeness (QED) is 0.879. The van der Waals surface area contributed by atoms with Crippen LogP contribution in [0.15, 0.2) is 42.5 Å². The number of hydrogen-bond acceptors (Lipinski definition) is 2. The Kier molecular flexibility index (Phi) is 5.15. The zero-order valence-electron chi connectivity index (χ0n) is 12.8. The van der Waals surface area contributed by atoms with Gasteiger partial charge in [-0.3, -0.25) is 4.79 Å². The number of carboxylic acid groups (broad SMARTS) is 1. The second-order valence-corrected chi connectivity index (χ2v) is 5.43. The van der Waals surface area contributed by atoms with Gasteiger partial charge >= 0.3 is 5.97 Å².